The van der Waals surface area contributed by atoms with Gasteiger partial charge in [0.15, 0.2) is 11.6 Å². The van der Waals surface area contributed by atoms with Crippen LogP contribution in [0.5, 0.6) is 6.01 Å². The fourth-order valence-corrected chi connectivity index (χ4v) is 6.33. The molecule has 0 spiro atoms. The molecule has 3 aromatic rings. The molecule has 47 heavy (non-hydrogen) atoms. The van der Waals surface area contributed by atoms with Gasteiger partial charge in [-0.05, 0) is 38.1 Å². The van der Waals surface area contributed by atoms with Crippen molar-refractivity contribution >= 4 is 40.0 Å². The van der Waals surface area contributed by atoms with Gasteiger partial charge in [-0.15, -0.1) is 0 Å². The lowest BCUT2D eigenvalue weighted by molar-refractivity contribution is -0.137. The number of carbonyl (C=O) groups is 1. The highest BCUT2D eigenvalue weighted by atomic mass is 35.5. The molecule has 3 atom stereocenters. The van der Waals surface area contributed by atoms with Crippen molar-refractivity contribution in [1.82, 2.24) is 24.8 Å². The first-order chi connectivity index (χ1) is 22.1. The number of hydrogen-bond donors (Lipinski definition) is 1. The Kier molecular flexibility index (Phi) is 9.43. The quantitative estimate of drug-likeness (QED) is 0.264. The van der Waals surface area contributed by atoms with Gasteiger partial charge >= 0.3 is 12.2 Å². The first-order valence-electron chi connectivity index (χ1n) is 14.4. The number of fused-ring (bicyclic) bond motifs is 1. The summed E-state index contributed by atoms with van der Waals surface area (Å²) >= 11 is 6.49. The molecular weight excluding hydrogens is 654 g/mol. The van der Waals surface area contributed by atoms with Crippen LogP contribution in [0.3, 0.4) is 0 Å². The maximum atomic E-state index is 16.6. The van der Waals surface area contributed by atoms with E-state index in [0.29, 0.717) is 0 Å². The Morgan fingerprint density at radius 2 is 1.94 bits per heavy atom. The summed E-state index contributed by atoms with van der Waals surface area (Å²) in [5.74, 6) is -3.73. The second kappa shape index (κ2) is 13.0. The number of benzene rings is 1. The van der Waals surface area contributed by atoms with Crippen LogP contribution in [0, 0.1) is 24.1 Å². The number of likely N-dealkylation sites (tertiary alicyclic amines) is 1. The van der Waals surface area contributed by atoms with Crippen LogP contribution >= 0.6 is 11.6 Å². The number of anilines is 2. The summed E-state index contributed by atoms with van der Waals surface area (Å²) < 4.78 is 92.8. The largest absolute Gasteiger partial charge is 0.462 e. The summed E-state index contributed by atoms with van der Waals surface area (Å²) in [4.78, 5) is 29.4. The Labute approximate surface area is 270 Å². The van der Waals surface area contributed by atoms with E-state index in [1.165, 1.54) is 6.07 Å². The van der Waals surface area contributed by atoms with Crippen molar-refractivity contribution in [3.8, 4) is 23.3 Å². The topological polar surface area (TPSA) is 124 Å². The van der Waals surface area contributed by atoms with Gasteiger partial charge in [0.2, 0.25) is 0 Å². The number of aryl methyl sites for hydroxylation is 1. The van der Waals surface area contributed by atoms with Crippen LogP contribution < -0.4 is 15.4 Å². The smallest absolute Gasteiger partial charge is 0.418 e. The van der Waals surface area contributed by atoms with Crippen LogP contribution in [-0.4, -0.2) is 88.7 Å². The number of piperazine rings is 1. The lowest BCUT2D eigenvalue weighted by atomic mass is 9.99. The van der Waals surface area contributed by atoms with Gasteiger partial charge in [0.05, 0.1) is 40.4 Å². The third kappa shape index (κ3) is 6.72. The van der Waals surface area contributed by atoms with E-state index >= 15 is 4.39 Å². The molecule has 2 aliphatic rings. The van der Waals surface area contributed by atoms with Gasteiger partial charge in [0.1, 0.15) is 29.9 Å². The van der Waals surface area contributed by atoms with Crippen LogP contribution in [0.1, 0.15) is 24.0 Å². The van der Waals surface area contributed by atoms with Crippen molar-refractivity contribution in [3.05, 3.63) is 46.5 Å². The fraction of sp³-hybridized carbons (Fsp3) is 0.433. The highest BCUT2D eigenvalue weighted by Gasteiger charge is 2.39. The van der Waals surface area contributed by atoms with E-state index in [4.69, 9.17) is 22.1 Å². The van der Waals surface area contributed by atoms with Crippen molar-refractivity contribution in [3.63, 3.8) is 0 Å². The summed E-state index contributed by atoms with van der Waals surface area (Å²) in [6.45, 7) is 4.18. The molecule has 1 amide bonds. The summed E-state index contributed by atoms with van der Waals surface area (Å²) in [6.07, 6.45) is -6.06. The van der Waals surface area contributed by atoms with Gasteiger partial charge in [-0.3, -0.25) is 9.69 Å². The fourth-order valence-electron chi connectivity index (χ4n) is 6.05. The molecule has 0 aliphatic carbocycles. The van der Waals surface area contributed by atoms with Gasteiger partial charge < -0.3 is 20.3 Å². The normalized spacial score (nSPS) is 20.5. The molecule has 0 radical (unpaired) electrons. The molecule has 250 valence electrons. The van der Waals surface area contributed by atoms with Gasteiger partial charge in [0, 0.05) is 37.6 Å². The van der Waals surface area contributed by atoms with E-state index in [0.717, 1.165) is 17.9 Å². The van der Waals surface area contributed by atoms with E-state index < -0.39 is 63.3 Å². The molecule has 2 fully saturated rings. The SMILES string of the molecule is C=C(F)C(=O)N1CCN(c2nc(OC[C@@H]3C[C@@H](F)CN3C)nc3c(F)c(-c4nc(N)cc(C)c4C(F)(F)F)c(Cl)cc23)C[C@H]1CC#N. The highest BCUT2D eigenvalue weighted by molar-refractivity contribution is 6.34. The first kappa shape index (κ1) is 34.0. The average Bonchev–Trinajstić information content (AvgIpc) is 3.30. The van der Waals surface area contributed by atoms with Crippen molar-refractivity contribution in [2.75, 3.05) is 50.5 Å². The number of nitrogen functional groups attached to an aromatic ring is 1. The van der Waals surface area contributed by atoms with Crippen molar-refractivity contribution in [1.29, 1.82) is 5.26 Å². The number of nitrogens with two attached hydrogens (primary N) is 1. The number of halogens is 7. The molecular formula is C30H29ClF6N8O2. The predicted octanol–water partition coefficient (Wildman–Crippen LogP) is 5.23. The summed E-state index contributed by atoms with van der Waals surface area (Å²) in [6, 6.07) is 2.59. The summed E-state index contributed by atoms with van der Waals surface area (Å²) in [7, 11) is 1.70. The van der Waals surface area contributed by atoms with Gasteiger partial charge in [0.25, 0.3) is 5.91 Å². The molecule has 0 unspecified atom stereocenters. The van der Waals surface area contributed by atoms with Crippen molar-refractivity contribution in [2.24, 2.45) is 0 Å². The minimum atomic E-state index is -4.95. The number of rotatable bonds is 7. The zero-order valence-corrected chi connectivity index (χ0v) is 26.0. The maximum absolute atomic E-state index is 16.6. The molecule has 2 N–H and O–H groups in total. The highest BCUT2D eigenvalue weighted by Crippen LogP contribution is 2.44. The number of amides is 1. The molecule has 5 rings (SSSR count). The monoisotopic (exact) mass is 682 g/mol. The van der Waals surface area contributed by atoms with Crippen LogP contribution in [0.4, 0.5) is 38.0 Å². The molecule has 10 nitrogen and oxygen atoms in total. The maximum Gasteiger partial charge on any atom is 0.418 e. The molecule has 2 aliphatic heterocycles. The number of carbonyl (C=O) groups excluding carboxylic acids is 1. The number of nitriles is 1. The molecule has 2 saturated heterocycles. The number of alkyl halides is 4. The van der Waals surface area contributed by atoms with Crippen LogP contribution in [0.15, 0.2) is 24.5 Å². The standard InChI is InChI=1S/C30H29ClF6N8O2/c1-14-8-21(39)40-26(23(14)30(35,36)37)22-20(31)10-19-25(24(22)34)41-29(47-13-18-9-16(33)11-43(18)3)42-27(19)44-6-7-45(28(46)15(2)32)17(12-44)4-5-38/h8,10,16-18H,2,4,6-7,9,11-13H2,1,3H3,(H2,39,40)/t16-,17-,18+/m1/s1. The van der Waals surface area contributed by atoms with Crippen LogP contribution in [0.2, 0.25) is 5.02 Å². The minimum Gasteiger partial charge on any atom is -0.462 e. The Bertz CT molecular complexity index is 1780. The number of ether oxygens (including phenoxy) is 1. The van der Waals surface area contributed by atoms with Gasteiger partial charge in [-0.1, -0.05) is 18.2 Å². The lowest BCUT2D eigenvalue weighted by Crippen LogP contribution is -2.55. The van der Waals surface area contributed by atoms with E-state index in [-0.39, 0.29) is 80.3 Å². The number of nitrogens with zero attached hydrogens (tertiary/aromatic N) is 7. The molecule has 1 aromatic carbocycles. The zero-order chi connectivity index (χ0) is 34.4. The Balaban J connectivity index is 1.67. The molecule has 17 heteroatoms. The van der Waals surface area contributed by atoms with Gasteiger partial charge in [-0.2, -0.15) is 28.4 Å². The Morgan fingerprint density at radius 3 is 2.55 bits per heavy atom. The van der Waals surface area contributed by atoms with Crippen molar-refractivity contribution in [2.45, 2.75) is 44.2 Å². The molecule has 0 saturated carbocycles. The predicted molar refractivity (Wildman–Crippen MR) is 162 cm³/mol. The summed E-state index contributed by atoms with van der Waals surface area (Å²) in [5, 5.41) is 8.94. The average molecular weight is 683 g/mol. The third-order valence-corrected chi connectivity index (χ3v) is 8.54. The van der Waals surface area contributed by atoms with E-state index in [9.17, 15) is 32.0 Å². The number of pyridine rings is 1. The van der Waals surface area contributed by atoms with E-state index in [1.807, 2.05) is 6.07 Å². The Morgan fingerprint density at radius 1 is 1.21 bits per heavy atom. The summed E-state index contributed by atoms with van der Waals surface area (Å²) in [5.41, 5.74) is 2.23. The minimum absolute atomic E-state index is 0.0232. The zero-order valence-electron chi connectivity index (χ0n) is 25.2. The van der Waals surface area contributed by atoms with Crippen LogP contribution in [-0.2, 0) is 11.0 Å². The third-order valence-electron chi connectivity index (χ3n) is 8.24. The lowest BCUT2D eigenvalue weighted by Gasteiger charge is -2.41. The second-order valence-corrected chi connectivity index (χ2v) is 11.9. The number of likely N-dealkylation sites (N-methyl/N-ethyl adjacent to an activating group) is 1. The molecule has 0 bridgehead atoms. The molecule has 2 aromatic heterocycles. The first-order valence-corrected chi connectivity index (χ1v) is 14.8. The van der Waals surface area contributed by atoms with E-state index in [1.54, 1.807) is 16.8 Å². The second-order valence-electron chi connectivity index (χ2n) is 11.5. The Hall–Kier alpha value is -4.36. The van der Waals surface area contributed by atoms with Gasteiger partial charge in [-0.25, -0.2) is 18.2 Å². The van der Waals surface area contributed by atoms with Crippen molar-refractivity contribution < 1.29 is 35.9 Å². The van der Waals surface area contributed by atoms with Crippen LogP contribution in [0.25, 0.3) is 22.2 Å². The number of aromatic nitrogens is 3. The molecule has 4 heterocycles. The van der Waals surface area contributed by atoms with E-state index in [2.05, 4.69) is 21.5 Å². The number of hydrogen-bond acceptors (Lipinski definition) is 9.